The first-order valence-corrected chi connectivity index (χ1v) is 10.1. The number of esters is 1. The number of rotatable bonds is 7. The number of carbonyl (C=O) groups excluding carboxylic acids is 3. The number of ketones is 1. The number of thiophene rings is 1. The molecule has 0 unspecified atom stereocenters. The topological polar surface area (TPSA) is 72.5 Å². The van der Waals surface area contributed by atoms with Crippen molar-refractivity contribution in [1.29, 1.82) is 0 Å². The van der Waals surface area contributed by atoms with Gasteiger partial charge in [-0.25, -0.2) is 4.79 Å². The van der Waals surface area contributed by atoms with Crippen LogP contribution in [0.2, 0.25) is 0 Å². The highest BCUT2D eigenvalue weighted by Gasteiger charge is 2.19. The molecule has 0 radical (unpaired) electrons. The van der Waals surface area contributed by atoms with Crippen molar-refractivity contribution in [3.63, 3.8) is 0 Å². The van der Waals surface area contributed by atoms with Crippen LogP contribution in [0, 0.1) is 0 Å². The minimum atomic E-state index is -0.448. The van der Waals surface area contributed by atoms with Crippen LogP contribution in [0.15, 0.2) is 24.3 Å². The van der Waals surface area contributed by atoms with Crippen molar-refractivity contribution in [2.45, 2.75) is 46.0 Å². The molecule has 0 aliphatic carbocycles. The first-order chi connectivity index (χ1) is 13.0. The number of carbonyl (C=O) groups is 3. The van der Waals surface area contributed by atoms with Gasteiger partial charge in [0.25, 0.3) is 0 Å². The van der Waals surface area contributed by atoms with Gasteiger partial charge in [-0.15, -0.1) is 11.3 Å². The zero-order valence-corrected chi connectivity index (χ0v) is 16.4. The second-order valence-electron chi connectivity index (χ2n) is 6.58. The Morgan fingerprint density at radius 1 is 1.19 bits per heavy atom. The van der Waals surface area contributed by atoms with Gasteiger partial charge >= 0.3 is 5.97 Å². The zero-order chi connectivity index (χ0) is 19.4. The summed E-state index contributed by atoms with van der Waals surface area (Å²) in [5.41, 5.74) is 3.34. The zero-order valence-electron chi connectivity index (χ0n) is 15.6. The highest BCUT2D eigenvalue weighted by Crippen LogP contribution is 2.26. The van der Waals surface area contributed by atoms with Crippen LogP contribution < -0.4 is 5.32 Å². The fourth-order valence-corrected chi connectivity index (χ4v) is 4.40. The monoisotopic (exact) mass is 385 g/mol. The molecule has 2 heterocycles. The van der Waals surface area contributed by atoms with Crippen LogP contribution in [0.3, 0.4) is 0 Å². The molecule has 0 spiro atoms. The number of nitrogens with one attached hydrogen (secondary N) is 1. The van der Waals surface area contributed by atoms with E-state index in [2.05, 4.69) is 19.2 Å². The van der Waals surface area contributed by atoms with E-state index in [0.29, 0.717) is 23.3 Å². The molecule has 0 saturated carbocycles. The normalized spacial score (nSPS) is 13.0. The van der Waals surface area contributed by atoms with Gasteiger partial charge in [-0.3, -0.25) is 9.59 Å². The average molecular weight is 385 g/mol. The Labute approximate surface area is 162 Å². The van der Waals surface area contributed by atoms with Gasteiger partial charge in [0, 0.05) is 22.5 Å². The summed E-state index contributed by atoms with van der Waals surface area (Å²) in [5, 5.41) is 2.79. The summed E-state index contributed by atoms with van der Waals surface area (Å²) in [6, 6.07) is 7.03. The molecule has 1 aliphatic rings. The van der Waals surface area contributed by atoms with Gasteiger partial charge in [0.05, 0.1) is 0 Å². The van der Waals surface area contributed by atoms with E-state index in [1.54, 1.807) is 18.2 Å². The molecule has 27 heavy (non-hydrogen) atoms. The fraction of sp³-hybridized carbons (Fsp3) is 0.381. The first-order valence-electron chi connectivity index (χ1n) is 9.26. The molecular formula is C21H23NO4S. The Hall–Kier alpha value is -2.47. The molecule has 0 atom stereocenters. The van der Waals surface area contributed by atoms with Gasteiger partial charge < -0.3 is 10.1 Å². The maximum Gasteiger partial charge on any atom is 0.348 e. The van der Waals surface area contributed by atoms with Crippen LogP contribution >= 0.6 is 11.3 Å². The van der Waals surface area contributed by atoms with E-state index >= 15 is 0 Å². The smallest absolute Gasteiger partial charge is 0.348 e. The van der Waals surface area contributed by atoms with Gasteiger partial charge in [0.2, 0.25) is 5.91 Å². The lowest BCUT2D eigenvalue weighted by atomic mass is 9.99. The highest BCUT2D eigenvalue weighted by molar-refractivity contribution is 7.14. The minimum absolute atomic E-state index is 0.0136. The third kappa shape index (κ3) is 4.45. The molecule has 6 heteroatoms. The fourth-order valence-electron chi connectivity index (χ4n) is 3.15. The van der Waals surface area contributed by atoms with Crippen LogP contribution in [-0.4, -0.2) is 24.3 Å². The number of hydrogen-bond donors (Lipinski definition) is 1. The van der Waals surface area contributed by atoms with Crippen LogP contribution in [-0.2, 0) is 28.8 Å². The number of amides is 1. The molecule has 1 aromatic heterocycles. The van der Waals surface area contributed by atoms with Gasteiger partial charge in [-0.2, -0.15) is 0 Å². The molecule has 1 aromatic carbocycles. The number of hydrogen-bond acceptors (Lipinski definition) is 5. The summed E-state index contributed by atoms with van der Waals surface area (Å²) in [7, 11) is 0. The van der Waals surface area contributed by atoms with Crippen LogP contribution in [0.5, 0.6) is 0 Å². The van der Waals surface area contributed by atoms with Crippen LogP contribution in [0.1, 0.15) is 62.7 Å². The Balaban J connectivity index is 1.63. The Kier molecular flexibility index (Phi) is 6.06. The van der Waals surface area contributed by atoms with E-state index in [9.17, 15) is 14.4 Å². The Morgan fingerprint density at radius 3 is 2.74 bits per heavy atom. The second-order valence-corrected chi connectivity index (χ2v) is 7.72. The third-order valence-electron chi connectivity index (χ3n) is 4.61. The van der Waals surface area contributed by atoms with Crippen molar-refractivity contribution >= 4 is 34.7 Å². The molecule has 0 bridgehead atoms. The van der Waals surface area contributed by atoms with Gasteiger partial charge in [-0.05, 0) is 54.7 Å². The predicted molar refractivity (Wildman–Crippen MR) is 106 cm³/mol. The predicted octanol–water partition coefficient (Wildman–Crippen LogP) is 4.19. The number of Topliss-reactive ketones (excluding diaryl/α,β-unsaturated/α-hetero) is 1. The number of ether oxygens (including phenoxy) is 1. The summed E-state index contributed by atoms with van der Waals surface area (Å²) in [4.78, 5) is 37.9. The lowest BCUT2D eigenvalue weighted by Gasteiger charge is -2.17. The van der Waals surface area contributed by atoms with E-state index < -0.39 is 5.97 Å². The number of benzene rings is 1. The van der Waals surface area contributed by atoms with Gasteiger partial charge in [0.15, 0.2) is 12.4 Å². The quantitative estimate of drug-likeness (QED) is 0.573. The van der Waals surface area contributed by atoms with Crippen molar-refractivity contribution in [2.75, 3.05) is 11.9 Å². The SMILES string of the molecule is CCCc1sc(C(=O)OCC(=O)c2ccc3c(c2)CCC(=O)N3)cc1CC. The van der Waals surface area contributed by atoms with Crippen molar-refractivity contribution in [1.82, 2.24) is 0 Å². The van der Waals surface area contributed by atoms with E-state index in [-0.39, 0.29) is 18.3 Å². The summed E-state index contributed by atoms with van der Waals surface area (Å²) in [5.74, 6) is -0.708. The number of aryl methyl sites for hydroxylation is 3. The second kappa shape index (κ2) is 8.48. The maximum atomic E-state index is 12.4. The Bertz CT molecular complexity index is 884. The van der Waals surface area contributed by atoms with Crippen LogP contribution in [0.25, 0.3) is 0 Å². The van der Waals surface area contributed by atoms with Gasteiger partial charge in [0.1, 0.15) is 4.88 Å². The number of fused-ring (bicyclic) bond motifs is 1. The lowest BCUT2D eigenvalue weighted by Crippen LogP contribution is -2.20. The van der Waals surface area contributed by atoms with Crippen molar-refractivity contribution in [3.8, 4) is 0 Å². The lowest BCUT2D eigenvalue weighted by molar-refractivity contribution is -0.116. The summed E-state index contributed by atoms with van der Waals surface area (Å²) >= 11 is 1.46. The van der Waals surface area contributed by atoms with E-state index in [1.807, 2.05) is 6.07 Å². The van der Waals surface area contributed by atoms with Crippen LogP contribution in [0.4, 0.5) is 5.69 Å². The molecule has 1 amide bonds. The summed E-state index contributed by atoms with van der Waals surface area (Å²) in [6.07, 6.45) is 3.88. The molecule has 1 N–H and O–H groups in total. The van der Waals surface area contributed by atoms with E-state index in [1.165, 1.54) is 21.8 Å². The Morgan fingerprint density at radius 2 is 2.00 bits per heavy atom. The third-order valence-corrected chi connectivity index (χ3v) is 5.83. The number of anilines is 1. The highest BCUT2D eigenvalue weighted by atomic mass is 32.1. The molecule has 142 valence electrons. The molecule has 1 aliphatic heterocycles. The summed E-state index contributed by atoms with van der Waals surface area (Å²) in [6.45, 7) is 3.89. The first kappa shape index (κ1) is 19.3. The van der Waals surface area contributed by atoms with Crippen molar-refractivity contribution in [3.05, 3.63) is 50.7 Å². The molecule has 0 saturated heterocycles. The molecule has 0 fully saturated rings. The molecular weight excluding hydrogens is 362 g/mol. The maximum absolute atomic E-state index is 12.4. The van der Waals surface area contributed by atoms with E-state index in [0.717, 1.165) is 30.5 Å². The van der Waals surface area contributed by atoms with Gasteiger partial charge in [-0.1, -0.05) is 20.3 Å². The molecule has 3 rings (SSSR count). The minimum Gasteiger partial charge on any atom is -0.453 e. The molecule has 2 aromatic rings. The van der Waals surface area contributed by atoms with Crippen molar-refractivity contribution < 1.29 is 19.1 Å². The van der Waals surface area contributed by atoms with E-state index in [4.69, 9.17) is 4.74 Å². The standard InChI is InChI=1S/C21H23NO4S/c1-3-5-18-13(4-2)11-19(27-18)21(25)26-12-17(23)15-6-8-16-14(10-15)7-9-20(24)22-16/h6,8,10-11H,3-5,7,9,12H2,1-2H3,(H,22,24). The summed E-state index contributed by atoms with van der Waals surface area (Å²) < 4.78 is 5.25. The molecule has 5 nitrogen and oxygen atoms in total. The van der Waals surface area contributed by atoms with Crippen molar-refractivity contribution in [2.24, 2.45) is 0 Å². The average Bonchev–Trinajstić information content (AvgIpc) is 3.08. The largest absolute Gasteiger partial charge is 0.453 e.